The molecule has 0 bridgehead atoms. The molecule has 8 nitrogen and oxygen atoms in total. The van der Waals surface area contributed by atoms with Crippen LogP contribution in [0.2, 0.25) is 5.02 Å². The van der Waals surface area contributed by atoms with Crippen LogP contribution in [-0.4, -0.2) is 77.5 Å². The third kappa shape index (κ3) is 4.05. The summed E-state index contributed by atoms with van der Waals surface area (Å²) in [4.78, 5) is 40.5. The molecule has 0 radical (unpaired) electrons. The number of hydrogen-bond acceptors (Lipinski definition) is 6. The Morgan fingerprint density at radius 3 is 2.63 bits per heavy atom. The molecule has 2 fully saturated rings. The zero-order valence-electron chi connectivity index (χ0n) is 16.8. The van der Waals surface area contributed by atoms with Crippen molar-refractivity contribution in [1.29, 1.82) is 0 Å². The van der Waals surface area contributed by atoms with Gasteiger partial charge in [-0.05, 0) is 31.0 Å². The van der Waals surface area contributed by atoms with Gasteiger partial charge >= 0.3 is 0 Å². The molecule has 158 valence electrons. The summed E-state index contributed by atoms with van der Waals surface area (Å²) < 4.78 is 5.33. The van der Waals surface area contributed by atoms with Crippen molar-refractivity contribution in [1.82, 2.24) is 19.8 Å². The van der Waals surface area contributed by atoms with E-state index in [4.69, 9.17) is 16.3 Å². The normalized spacial score (nSPS) is 19.1. The molecule has 9 heteroatoms. The Hall–Kier alpha value is -2.87. The molecular formula is C21H24ClN5O3. The molecule has 0 N–H and O–H groups in total. The Labute approximate surface area is 180 Å². The lowest BCUT2D eigenvalue weighted by Gasteiger charge is -2.37. The fourth-order valence-corrected chi connectivity index (χ4v) is 4.26. The molecule has 2 aliphatic rings. The Morgan fingerprint density at radius 2 is 1.93 bits per heavy atom. The lowest BCUT2D eigenvalue weighted by molar-refractivity contribution is -0.135. The summed E-state index contributed by atoms with van der Waals surface area (Å²) in [6, 6.07) is 4.50. The molecule has 0 spiro atoms. The van der Waals surface area contributed by atoms with Gasteiger partial charge in [-0.2, -0.15) is 0 Å². The van der Waals surface area contributed by atoms with Crippen LogP contribution in [0.5, 0.6) is 5.75 Å². The summed E-state index contributed by atoms with van der Waals surface area (Å²) in [6.07, 6.45) is 6.50. The van der Waals surface area contributed by atoms with Crippen LogP contribution in [0.15, 0.2) is 36.8 Å². The number of piperazine rings is 1. The van der Waals surface area contributed by atoms with E-state index in [1.165, 1.54) is 7.11 Å². The molecule has 2 saturated heterocycles. The summed E-state index contributed by atoms with van der Waals surface area (Å²) in [6.45, 7) is 3.10. The van der Waals surface area contributed by atoms with Crippen LogP contribution in [0.3, 0.4) is 0 Å². The zero-order valence-corrected chi connectivity index (χ0v) is 17.6. The second-order valence-electron chi connectivity index (χ2n) is 7.38. The number of benzene rings is 1. The average Bonchev–Trinajstić information content (AvgIpc) is 3.28. The summed E-state index contributed by atoms with van der Waals surface area (Å²) in [5.41, 5.74) is 0.386. The Bertz CT molecular complexity index is 918. The first-order valence-electron chi connectivity index (χ1n) is 10.0. The molecule has 0 saturated carbocycles. The maximum Gasteiger partial charge on any atom is 0.258 e. The molecule has 3 heterocycles. The van der Waals surface area contributed by atoms with E-state index in [1.807, 2.05) is 4.90 Å². The quantitative estimate of drug-likeness (QED) is 0.740. The highest BCUT2D eigenvalue weighted by molar-refractivity contribution is 6.31. The number of halogens is 1. The maximum absolute atomic E-state index is 13.2. The number of nitrogens with zero attached hydrogens (tertiary/aromatic N) is 5. The van der Waals surface area contributed by atoms with Gasteiger partial charge in [0.2, 0.25) is 5.91 Å². The lowest BCUT2D eigenvalue weighted by Crippen LogP contribution is -2.54. The summed E-state index contributed by atoms with van der Waals surface area (Å²) in [7, 11) is 1.52. The first kappa shape index (κ1) is 20.4. The Morgan fingerprint density at radius 1 is 1.13 bits per heavy atom. The van der Waals surface area contributed by atoms with Gasteiger partial charge in [0.05, 0.1) is 18.9 Å². The third-order valence-electron chi connectivity index (χ3n) is 5.66. The van der Waals surface area contributed by atoms with Crippen molar-refractivity contribution in [3.05, 3.63) is 47.4 Å². The number of amides is 2. The number of rotatable bonds is 4. The van der Waals surface area contributed by atoms with Gasteiger partial charge in [-0.15, -0.1) is 0 Å². The maximum atomic E-state index is 13.2. The first-order chi connectivity index (χ1) is 14.6. The highest BCUT2D eigenvalue weighted by Crippen LogP contribution is 2.28. The van der Waals surface area contributed by atoms with E-state index in [1.54, 1.807) is 41.7 Å². The molecule has 4 rings (SSSR count). The number of hydrogen-bond donors (Lipinski definition) is 0. The largest absolute Gasteiger partial charge is 0.496 e. The monoisotopic (exact) mass is 429 g/mol. The summed E-state index contributed by atoms with van der Waals surface area (Å²) in [5.74, 6) is 1.06. The van der Waals surface area contributed by atoms with Crippen molar-refractivity contribution in [3.63, 3.8) is 0 Å². The van der Waals surface area contributed by atoms with Crippen LogP contribution in [0.4, 0.5) is 5.82 Å². The van der Waals surface area contributed by atoms with Crippen molar-refractivity contribution in [2.45, 2.75) is 18.9 Å². The van der Waals surface area contributed by atoms with Crippen LogP contribution >= 0.6 is 11.6 Å². The van der Waals surface area contributed by atoms with E-state index in [0.29, 0.717) is 55.5 Å². The molecule has 2 amide bonds. The van der Waals surface area contributed by atoms with Crippen LogP contribution in [0, 0.1) is 0 Å². The van der Waals surface area contributed by atoms with Gasteiger partial charge in [0.25, 0.3) is 5.91 Å². The summed E-state index contributed by atoms with van der Waals surface area (Å²) in [5, 5.41) is 0.460. The van der Waals surface area contributed by atoms with E-state index in [2.05, 4.69) is 14.9 Å². The number of carbonyl (C=O) groups is 2. The number of anilines is 1. The van der Waals surface area contributed by atoms with Gasteiger partial charge in [0, 0.05) is 50.1 Å². The van der Waals surface area contributed by atoms with Crippen LogP contribution in [0.1, 0.15) is 23.2 Å². The molecule has 1 atom stereocenters. The molecule has 30 heavy (non-hydrogen) atoms. The number of aromatic nitrogens is 2. The summed E-state index contributed by atoms with van der Waals surface area (Å²) >= 11 is 6.09. The minimum Gasteiger partial charge on any atom is -0.496 e. The predicted octanol–water partition coefficient (Wildman–Crippen LogP) is 2.09. The van der Waals surface area contributed by atoms with Crippen molar-refractivity contribution >= 4 is 29.2 Å². The third-order valence-corrected chi connectivity index (χ3v) is 5.89. The van der Waals surface area contributed by atoms with Crippen molar-refractivity contribution in [2.75, 3.05) is 44.7 Å². The van der Waals surface area contributed by atoms with Gasteiger partial charge in [-0.25, -0.2) is 4.98 Å². The van der Waals surface area contributed by atoms with Gasteiger partial charge in [0.15, 0.2) is 0 Å². The predicted molar refractivity (Wildman–Crippen MR) is 113 cm³/mol. The van der Waals surface area contributed by atoms with Crippen LogP contribution in [-0.2, 0) is 4.79 Å². The van der Waals surface area contributed by atoms with E-state index in [-0.39, 0.29) is 11.8 Å². The molecule has 2 aliphatic heterocycles. The fourth-order valence-electron chi connectivity index (χ4n) is 4.09. The van der Waals surface area contributed by atoms with E-state index in [9.17, 15) is 9.59 Å². The molecule has 1 unspecified atom stereocenters. The average molecular weight is 430 g/mol. The van der Waals surface area contributed by atoms with E-state index >= 15 is 0 Å². The van der Waals surface area contributed by atoms with Crippen molar-refractivity contribution in [3.8, 4) is 5.75 Å². The van der Waals surface area contributed by atoms with Crippen LogP contribution in [0.25, 0.3) is 0 Å². The van der Waals surface area contributed by atoms with Gasteiger partial charge in [-0.1, -0.05) is 11.6 Å². The molecule has 1 aromatic carbocycles. The fraction of sp³-hybridized carbons (Fsp3) is 0.429. The van der Waals surface area contributed by atoms with E-state index < -0.39 is 6.04 Å². The smallest absolute Gasteiger partial charge is 0.258 e. The van der Waals surface area contributed by atoms with E-state index in [0.717, 1.165) is 12.2 Å². The Kier molecular flexibility index (Phi) is 6.03. The highest BCUT2D eigenvalue weighted by atomic mass is 35.5. The minimum atomic E-state index is -0.454. The number of methoxy groups -OCH3 is 1. The second kappa shape index (κ2) is 8.87. The number of ether oxygens (including phenoxy) is 1. The molecule has 1 aromatic heterocycles. The standard InChI is InChI=1S/C21H24ClN5O3/c1-30-18-5-4-15(22)13-16(18)20(28)27-8-2-3-17(27)21(29)26-11-9-25(10-12-26)19-14-23-6-7-24-19/h4-7,13-14,17H,2-3,8-12H2,1H3. The van der Waals surface area contributed by atoms with Crippen LogP contribution < -0.4 is 9.64 Å². The first-order valence-corrected chi connectivity index (χ1v) is 10.4. The van der Waals surface area contributed by atoms with Gasteiger partial charge in [-0.3, -0.25) is 14.6 Å². The van der Waals surface area contributed by atoms with Gasteiger partial charge < -0.3 is 19.4 Å². The van der Waals surface area contributed by atoms with Gasteiger partial charge in [0.1, 0.15) is 17.6 Å². The number of likely N-dealkylation sites (tertiary alicyclic amines) is 1. The molecule has 0 aliphatic carbocycles. The molecule has 2 aromatic rings. The topological polar surface area (TPSA) is 78.9 Å². The van der Waals surface area contributed by atoms with Crippen molar-refractivity contribution in [2.24, 2.45) is 0 Å². The highest BCUT2D eigenvalue weighted by Gasteiger charge is 2.38. The Balaban J connectivity index is 1.44. The van der Waals surface area contributed by atoms with Crippen molar-refractivity contribution < 1.29 is 14.3 Å². The second-order valence-corrected chi connectivity index (χ2v) is 7.81. The lowest BCUT2D eigenvalue weighted by atomic mass is 10.1. The zero-order chi connectivity index (χ0) is 21.1. The molecular weight excluding hydrogens is 406 g/mol. The number of carbonyl (C=O) groups excluding carboxylic acids is 2. The minimum absolute atomic E-state index is 0.000593. The SMILES string of the molecule is COc1ccc(Cl)cc1C(=O)N1CCCC1C(=O)N1CCN(c2cnccn2)CC1.